The van der Waals surface area contributed by atoms with Gasteiger partial charge in [0.15, 0.2) is 0 Å². The molecule has 0 fully saturated rings. The molecule has 0 saturated heterocycles. The lowest BCUT2D eigenvalue weighted by atomic mass is 10.1. The van der Waals surface area contributed by atoms with Gasteiger partial charge in [0.05, 0.1) is 13.2 Å². The summed E-state index contributed by atoms with van der Waals surface area (Å²) in [6, 6.07) is 18.8. The van der Waals surface area contributed by atoms with Crippen molar-refractivity contribution < 1.29 is 9.53 Å². The van der Waals surface area contributed by atoms with Crippen molar-refractivity contribution in [2.45, 2.75) is 19.6 Å². The summed E-state index contributed by atoms with van der Waals surface area (Å²) < 4.78 is 5.68. The van der Waals surface area contributed by atoms with Crippen LogP contribution in [0.4, 0.5) is 0 Å². The van der Waals surface area contributed by atoms with Gasteiger partial charge in [-0.2, -0.15) is 0 Å². The van der Waals surface area contributed by atoms with Crippen LogP contribution in [0, 0.1) is 5.92 Å². The van der Waals surface area contributed by atoms with Crippen LogP contribution in [0.3, 0.4) is 0 Å². The fourth-order valence-electron chi connectivity index (χ4n) is 2.21. The number of ether oxygens (including phenoxy) is 1. The maximum absolute atomic E-state index is 12.1. The summed E-state index contributed by atoms with van der Waals surface area (Å²) in [5, 5.41) is 2.89. The van der Waals surface area contributed by atoms with Gasteiger partial charge in [-0.25, -0.2) is 0 Å². The van der Waals surface area contributed by atoms with E-state index in [1.807, 2.05) is 67.6 Å². The summed E-state index contributed by atoms with van der Waals surface area (Å²) in [7, 11) is 0. The van der Waals surface area contributed by atoms with Crippen LogP contribution in [0.25, 0.3) is 0 Å². The van der Waals surface area contributed by atoms with Crippen LogP contribution in [0.15, 0.2) is 60.7 Å². The zero-order valence-electron chi connectivity index (χ0n) is 13.9. The number of nitrogens with two attached hydrogens (primary N) is 1. The van der Waals surface area contributed by atoms with Crippen molar-refractivity contribution in [1.29, 1.82) is 0 Å². The Hall–Kier alpha value is -1.88. The third-order valence-corrected chi connectivity index (χ3v) is 3.58. The van der Waals surface area contributed by atoms with Crippen LogP contribution in [0.5, 0.6) is 0 Å². The summed E-state index contributed by atoms with van der Waals surface area (Å²) in [5.74, 6) is 0.0664. The third kappa shape index (κ3) is 6.71. The lowest BCUT2D eigenvalue weighted by Gasteiger charge is -2.16. The van der Waals surface area contributed by atoms with Crippen molar-refractivity contribution in [3.63, 3.8) is 0 Å². The topological polar surface area (TPSA) is 64.4 Å². The number of carbonyl (C=O) groups excluding carboxylic acids is 1. The monoisotopic (exact) mass is 348 g/mol. The smallest absolute Gasteiger partial charge is 0.241 e. The SMILES string of the molecule is CC(CNC(=O)C(N)c1ccccc1)COCc1ccccc1.Cl. The number of benzene rings is 2. The highest BCUT2D eigenvalue weighted by atomic mass is 35.5. The molecule has 2 unspecified atom stereocenters. The van der Waals surface area contributed by atoms with Crippen LogP contribution < -0.4 is 11.1 Å². The van der Waals surface area contributed by atoms with Crippen molar-refractivity contribution in [2.75, 3.05) is 13.2 Å². The fraction of sp³-hybridized carbons (Fsp3) is 0.316. The van der Waals surface area contributed by atoms with Gasteiger partial charge in [-0.05, 0) is 17.0 Å². The van der Waals surface area contributed by atoms with Crippen LogP contribution >= 0.6 is 12.4 Å². The van der Waals surface area contributed by atoms with Crippen LogP contribution in [0.2, 0.25) is 0 Å². The van der Waals surface area contributed by atoms with Gasteiger partial charge in [0.25, 0.3) is 0 Å². The molecule has 2 aromatic rings. The van der Waals surface area contributed by atoms with Gasteiger partial charge < -0.3 is 15.8 Å². The molecule has 2 aromatic carbocycles. The van der Waals surface area contributed by atoms with Gasteiger partial charge in [-0.15, -0.1) is 12.4 Å². The maximum atomic E-state index is 12.1. The molecular weight excluding hydrogens is 324 g/mol. The third-order valence-electron chi connectivity index (χ3n) is 3.58. The molecule has 0 radical (unpaired) electrons. The predicted octanol–water partition coefficient (Wildman–Crippen LogP) is 3.08. The molecular formula is C19H25ClN2O2. The minimum atomic E-state index is -0.631. The van der Waals surface area contributed by atoms with Crippen molar-refractivity contribution in [3.8, 4) is 0 Å². The normalized spacial score (nSPS) is 12.8. The van der Waals surface area contributed by atoms with Crippen LogP contribution in [-0.2, 0) is 16.1 Å². The van der Waals surface area contributed by atoms with Gasteiger partial charge in [-0.3, -0.25) is 4.79 Å². The molecule has 1 amide bonds. The van der Waals surface area contributed by atoms with Gasteiger partial charge in [0, 0.05) is 6.54 Å². The van der Waals surface area contributed by atoms with E-state index in [9.17, 15) is 4.79 Å². The Morgan fingerprint density at radius 1 is 1.08 bits per heavy atom. The van der Waals surface area contributed by atoms with Gasteiger partial charge >= 0.3 is 0 Å². The minimum absolute atomic E-state index is 0. The van der Waals surface area contributed by atoms with E-state index < -0.39 is 6.04 Å². The van der Waals surface area contributed by atoms with Crippen LogP contribution in [0.1, 0.15) is 24.1 Å². The van der Waals surface area contributed by atoms with Gasteiger partial charge in [0.2, 0.25) is 5.91 Å². The number of hydrogen-bond acceptors (Lipinski definition) is 3. The summed E-state index contributed by atoms with van der Waals surface area (Å²) in [5.41, 5.74) is 7.92. The molecule has 2 rings (SSSR count). The molecule has 0 saturated carbocycles. The molecule has 2 atom stereocenters. The molecule has 24 heavy (non-hydrogen) atoms. The van der Waals surface area contributed by atoms with Gasteiger partial charge in [-0.1, -0.05) is 67.6 Å². The van der Waals surface area contributed by atoms with E-state index in [2.05, 4.69) is 5.32 Å². The number of halogens is 1. The van der Waals surface area contributed by atoms with Gasteiger partial charge in [0.1, 0.15) is 6.04 Å². The maximum Gasteiger partial charge on any atom is 0.241 e. The quantitative estimate of drug-likeness (QED) is 0.770. The summed E-state index contributed by atoms with van der Waals surface area (Å²) in [4.78, 5) is 12.1. The van der Waals surface area contributed by atoms with E-state index >= 15 is 0 Å². The number of hydrogen-bond donors (Lipinski definition) is 2. The molecule has 0 bridgehead atoms. The first-order chi connectivity index (χ1) is 11.2. The number of amides is 1. The average Bonchev–Trinajstić information content (AvgIpc) is 2.60. The Morgan fingerprint density at radius 2 is 1.67 bits per heavy atom. The molecule has 0 aliphatic heterocycles. The molecule has 0 spiro atoms. The first-order valence-corrected chi connectivity index (χ1v) is 7.86. The number of nitrogens with one attached hydrogen (secondary N) is 1. The predicted molar refractivity (Wildman–Crippen MR) is 98.9 cm³/mol. The molecule has 5 heteroatoms. The summed E-state index contributed by atoms with van der Waals surface area (Å²) >= 11 is 0. The molecule has 0 aliphatic rings. The highest BCUT2D eigenvalue weighted by Crippen LogP contribution is 2.09. The Morgan fingerprint density at radius 3 is 2.29 bits per heavy atom. The van der Waals surface area contributed by atoms with Crippen molar-refractivity contribution in [3.05, 3.63) is 71.8 Å². The zero-order valence-corrected chi connectivity index (χ0v) is 14.7. The first kappa shape index (κ1) is 20.2. The lowest BCUT2D eigenvalue weighted by Crippen LogP contribution is -2.37. The largest absolute Gasteiger partial charge is 0.376 e. The Balaban J connectivity index is 0.00000288. The molecule has 0 aromatic heterocycles. The first-order valence-electron chi connectivity index (χ1n) is 7.86. The number of carbonyl (C=O) groups is 1. The highest BCUT2D eigenvalue weighted by molar-refractivity contribution is 5.85. The van der Waals surface area contributed by atoms with E-state index in [1.54, 1.807) is 0 Å². The molecule has 4 nitrogen and oxygen atoms in total. The highest BCUT2D eigenvalue weighted by Gasteiger charge is 2.15. The molecule has 0 aliphatic carbocycles. The summed E-state index contributed by atoms with van der Waals surface area (Å²) in [6.45, 7) is 3.77. The average molecular weight is 349 g/mol. The Labute approximate surface area is 149 Å². The second-order valence-corrected chi connectivity index (χ2v) is 5.74. The Bertz CT molecular complexity index is 593. The number of rotatable bonds is 8. The fourth-order valence-corrected chi connectivity index (χ4v) is 2.21. The zero-order chi connectivity index (χ0) is 16.5. The molecule has 0 heterocycles. The van der Waals surface area contributed by atoms with E-state index in [1.165, 1.54) is 0 Å². The van der Waals surface area contributed by atoms with E-state index in [0.29, 0.717) is 19.8 Å². The standard InChI is InChI=1S/C19H24N2O2.ClH/c1-15(13-23-14-16-8-4-2-5-9-16)12-21-19(22)18(20)17-10-6-3-7-11-17;/h2-11,15,18H,12-14,20H2,1H3,(H,21,22);1H. The molecule has 130 valence electrons. The van der Waals surface area contributed by atoms with Crippen molar-refractivity contribution in [2.24, 2.45) is 11.7 Å². The van der Waals surface area contributed by atoms with E-state index in [4.69, 9.17) is 10.5 Å². The second-order valence-electron chi connectivity index (χ2n) is 5.74. The van der Waals surface area contributed by atoms with E-state index in [-0.39, 0.29) is 24.2 Å². The molecule has 3 N–H and O–H groups in total. The van der Waals surface area contributed by atoms with Crippen molar-refractivity contribution >= 4 is 18.3 Å². The lowest BCUT2D eigenvalue weighted by molar-refractivity contribution is -0.122. The van der Waals surface area contributed by atoms with Crippen LogP contribution in [-0.4, -0.2) is 19.1 Å². The second kappa shape index (κ2) is 10.8. The minimum Gasteiger partial charge on any atom is -0.376 e. The summed E-state index contributed by atoms with van der Waals surface area (Å²) in [6.07, 6.45) is 0. The van der Waals surface area contributed by atoms with Crippen molar-refractivity contribution in [1.82, 2.24) is 5.32 Å². The van der Waals surface area contributed by atoms with E-state index in [0.717, 1.165) is 11.1 Å². The Kier molecular flexibility index (Phi) is 9.08.